The van der Waals surface area contributed by atoms with Gasteiger partial charge in [-0.05, 0) is 22.9 Å². The number of aromatic nitrogens is 1. The lowest BCUT2D eigenvalue weighted by Gasteiger charge is -2.20. The van der Waals surface area contributed by atoms with Crippen molar-refractivity contribution in [3.8, 4) is 0 Å². The third-order valence-corrected chi connectivity index (χ3v) is 2.07. The van der Waals surface area contributed by atoms with Crippen molar-refractivity contribution < 1.29 is 4.92 Å². The van der Waals surface area contributed by atoms with Gasteiger partial charge in [0.25, 0.3) is 0 Å². The van der Waals surface area contributed by atoms with Crippen LogP contribution in [-0.4, -0.2) is 29.5 Å². The summed E-state index contributed by atoms with van der Waals surface area (Å²) in [5.74, 6) is -0.137. The van der Waals surface area contributed by atoms with E-state index >= 15 is 0 Å². The Balaban J connectivity index is 2.81. The SMILES string of the molecule is CCN(CCN)c1ccc([N+](=O)[O-])nc1. The summed E-state index contributed by atoms with van der Waals surface area (Å²) in [6, 6.07) is 3.08. The number of pyridine rings is 1. The summed E-state index contributed by atoms with van der Waals surface area (Å²) in [5, 5.41) is 10.4. The Morgan fingerprint density at radius 1 is 1.60 bits per heavy atom. The van der Waals surface area contributed by atoms with Crippen LogP contribution >= 0.6 is 0 Å². The summed E-state index contributed by atoms with van der Waals surface area (Å²) in [5.41, 5.74) is 6.31. The Labute approximate surface area is 87.9 Å². The van der Waals surface area contributed by atoms with Crippen LogP contribution in [0.5, 0.6) is 0 Å². The van der Waals surface area contributed by atoms with Crippen molar-refractivity contribution in [2.75, 3.05) is 24.5 Å². The molecule has 0 unspecified atom stereocenters. The van der Waals surface area contributed by atoms with E-state index in [0.717, 1.165) is 18.8 Å². The molecule has 0 aliphatic carbocycles. The zero-order valence-electron chi connectivity index (χ0n) is 8.59. The van der Waals surface area contributed by atoms with Gasteiger partial charge >= 0.3 is 5.82 Å². The van der Waals surface area contributed by atoms with Crippen molar-refractivity contribution in [3.63, 3.8) is 0 Å². The van der Waals surface area contributed by atoms with Gasteiger partial charge in [-0.2, -0.15) is 0 Å². The first-order valence-electron chi connectivity index (χ1n) is 4.74. The normalized spacial score (nSPS) is 10.0. The van der Waals surface area contributed by atoms with Crippen LogP contribution in [0.25, 0.3) is 0 Å². The molecule has 0 aromatic carbocycles. The van der Waals surface area contributed by atoms with Crippen LogP contribution in [0.1, 0.15) is 6.92 Å². The second kappa shape index (κ2) is 5.26. The average molecular weight is 210 g/mol. The van der Waals surface area contributed by atoms with Crippen molar-refractivity contribution in [1.29, 1.82) is 0 Å². The Morgan fingerprint density at radius 3 is 2.73 bits per heavy atom. The fourth-order valence-electron chi connectivity index (χ4n) is 1.30. The van der Waals surface area contributed by atoms with Gasteiger partial charge in [-0.15, -0.1) is 0 Å². The van der Waals surface area contributed by atoms with Crippen LogP contribution < -0.4 is 10.6 Å². The molecule has 6 nitrogen and oxygen atoms in total. The van der Waals surface area contributed by atoms with E-state index in [-0.39, 0.29) is 5.82 Å². The molecular formula is C9H14N4O2. The lowest BCUT2D eigenvalue weighted by atomic mass is 10.3. The predicted molar refractivity (Wildman–Crippen MR) is 57.8 cm³/mol. The molecule has 82 valence electrons. The predicted octanol–water partition coefficient (Wildman–Crippen LogP) is 0.775. The summed E-state index contributed by atoms with van der Waals surface area (Å²) >= 11 is 0. The van der Waals surface area contributed by atoms with E-state index in [1.807, 2.05) is 11.8 Å². The lowest BCUT2D eigenvalue weighted by molar-refractivity contribution is -0.389. The third kappa shape index (κ3) is 2.88. The molecule has 1 aromatic rings. The van der Waals surface area contributed by atoms with E-state index in [1.165, 1.54) is 12.3 Å². The van der Waals surface area contributed by atoms with Gasteiger partial charge in [-0.3, -0.25) is 0 Å². The number of hydrogen-bond donors (Lipinski definition) is 1. The molecular weight excluding hydrogens is 196 g/mol. The highest BCUT2D eigenvalue weighted by molar-refractivity contribution is 5.46. The summed E-state index contributed by atoms with van der Waals surface area (Å²) < 4.78 is 0. The maximum Gasteiger partial charge on any atom is 0.363 e. The molecule has 0 amide bonds. The zero-order valence-corrected chi connectivity index (χ0v) is 8.59. The highest BCUT2D eigenvalue weighted by Crippen LogP contribution is 2.15. The number of nitro groups is 1. The third-order valence-electron chi connectivity index (χ3n) is 2.07. The zero-order chi connectivity index (χ0) is 11.3. The minimum Gasteiger partial charge on any atom is -0.368 e. The van der Waals surface area contributed by atoms with Crippen LogP contribution in [0.4, 0.5) is 11.5 Å². The van der Waals surface area contributed by atoms with Crippen LogP contribution in [-0.2, 0) is 0 Å². The molecule has 0 aliphatic heterocycles. The summed E-state index contributed by atoms with van der Waals surface area (Å²) in [6.45, 7) is 4.06. The van der Waals surface area contributed by atoms with Crippen molar-refractivity contribution in [3.05, 3.63) is 28.4 Å². The smallest absolute Gasteiger partial charge is 0.363 e. The van der Waals surface area contributed by atoms with E-state index < -0.39 is 4.92 Å². The Bertz CT molecular complexity index is 325. The van der Waals surface area contributed by atoms with Gasteiger partial charge < -0.3 is 20.7 Å². The highest BCUT2D eigenvalue weighted by Gasteiger charge is 2.09. The molecule has 0 radical (unpaired) electrons. The second-order valence-electron chi connectivity index (χ2n) is 3.00. The molecule has 0 spiro atoms. The molecule has 1 aromatic heterocycles. The number of nitrogens with two attached hydrogens (primary N) is 1. The van der Waals surface area contributed by atoms with E-state index in [2.05, 4.69) is 4.98 Å². The minimum atomic E-state index is -0.511. The summed E-state index contributed by atoms with van der Waals surface area (Å²) in [6.07, 6.45) is 1.50. The van der Waals surface area contributed by atoms with E-state index in [9.17, 15) is 10.1 Å². The van der Waals surface area contributed by atoms with E-state index in [1.54, 1.807) is 6.07 Å². The fraction of sp³-hybridized carbons (Fsp3) is 0.444. The molecule has 1 rings (SSSR count). The van der Waals surface area contributed by atoms with Crippen molar-refractivity contribution in [2.45, 2.75) is 6.92 Å². The maximum absolute atomic E-state index is 10.4. The van der Waals surface area contributed by atoms with Gasteiger partial charge in [0, 0.05) is 25.7 Å². The van der Waals surface area contributed by atoms with E-state index in [0.29, 0.717) is 6.54 Å². The van der Waals surface area contributed by atoms with Crippen LogP contribution in [0, 0.1) is 10.1 Å². The van der Waals surface area contributed by atoms with Crippen LogP contribution in [0.2, 0.25) is 0 Å². The molecule has 15 heavy (non-hydrogen) atoms. The number of hydrogen-bond acceptors (Lipinski definition) is 5. The summed E-state index contributed by atoms with van der Waals surface area (Å²) in [7, 11) is 0. The van der Waals surface area contributed by atoms with Gasteiger partial charge in [-0.25, -0.2) is 0 Å². The Kier molecular flexibility index (Phi) is 3.99. The molecule has 2 N–H and O–H groups in total. The molecule has 1 heterocycles. The van der Waals surface area contributed by atoms with Gasteiger partial charge in [-0.1, -0.05) is 0 Å². The summed E-state index contributed by atoms with van der Waals surface area (Å²) in [4.78, 5) is 15.6. The van der Waals surface area contributed by atoms with Gasteiger partial charge in [0.1, 0.15) is 0 Å². The first kappa shape index (κ1) is 11.4. The van der Waals surface area contributed by atoms with E-state index in [4.69, 9.17) is 5.73 Å². The first-order chi connectivity index (χ1) is 7.19. The molecule has 0 fully saturated rings. The Morgan fingerprint density at radius 2 is 2.33 bits per heavy atom. The standard InChI is InChI=1S/C9H14N4O2/c1-2-12(6-5-10)8-3-4-9(11-7-8)13(14)15/h3-4,7H,2,5-6,10H2,1H3. The average Bonchev–Trinajstić information content (AvgIpc) is 2.26. The maximum atomic E-state index is 10.4. The monoisotopic (exact) mass is 210 g/mol. The molecule has 0 aliphatic rings. The number of nitrogens with zero attached hydrogens (tertiary/aromatic N) is 3. The molecule has 0 bridgehead atoms. The Hall–Kier alpha value is -1.69. The largest absolute Gasteiger partial charge is 0.368 e. The van der Waals surface area contributed by atoms with Crippen LogP contribution in [0.15, 0.2) is 18.3 Å². The molecule has 6 heteroatoms. The highest BCUT2D eigenvalue weighted by atomic mass is 16.6. The lowest BCUT2D eigenvalue weighted by Crippen LogP contribution is -2.29. The molecule has 0 saturated heterocycles. The molecule has 0 atom stereocenters. The van der Waals surface area contributed by atoms with Crippen molar-refractivity contribution in [2.24, 2.45) is 5.73 Å². The topological polar surface area (TPSA) is 85.3 Å². The first-order valence-corrected chi connectivity index (χ1v) is 4.74. The van der Waals surface area contributed by atoms with Gasteiger partial charge in [0.15, 0.2) is 6.20 Å². The quantitative estimate of drug-likeness (QED) is 0.573. The van der Waals surface area contributed by atoms with Crippen LogP contribution in [0.3, 0.4) is 0 Å². The number of anilines is 1. The number of rotatable bonds is 5. The molecule has 0 saturated carbocycles. The van der Waals surface area contributed by atoms with Crippen molar-refractivity contribution >= 4 is 11.5 Å². The minimum absolute atomic E-state index is 0.137. The number of likely N-dealkylation sites (N-methyl/N-ethyl adjacent to an activating group) is 1. The fourth-order valence-corrected chi connectivity index (χ4v) is 1.30. The second-order valence-corrected chi connectivity index (χ2v) is 3.00. The van der Waals surface area contributed by atoms with Gasteiger partial charge in [0.05, 0.1) is 5.69 Å². The van der Waals surface area contributed by atoms with Gasteiger partial charge in [0.2, 0.25) is 0 Å². The van der Waals surface area contributed by atoms with Crippen molar-refractivity contribution in [1.82, 2.24) is 4.98 Å².